The molecule has 43 heavy (non-hydrogen) atoms. The maximum Gasteiger partial charge on any atom is 0.344 e. The van der Waals surface area contributed by atoms with Crippen LogP contribution in [0.25, 0.3) is 56.3 Å². The fourth-order valence-corrected chi connectivity index (χ4v) is 6.08. The van der Waals surface area contributed by atoms with Crippen molar-refractivity contribution in [3.63, 3.8) is 0 Å². The van der Waals surface area contributed by atoms with Gasteiger partial charge in [-0.3, -0.25) is 0 Å². The lowest BCUT2D eigenvalue weighted by Gasteiger charge is -2.24. The number of carbonyl (C=O) groups is 1. The van der Waals surface area contributed by atoms with Gasteiger partial charge in [-0.2, -0.15) is 0 Å². The van der Waals surface area contributed by atoms with Crippen molar-refractivity contribution in [3.05, 3.63) is 168 Å². The van der Waals surface area contributed by atoms with E-state index in [9.17, 15) is 4.79 Å². The minimum atomic E-state index is -0.334. The molecule has 6 aromatic rings. The number of hydrogen-bond acceptors (Lipinski definition) is 2. The zero-order chi connectivity index (χ0) is 29.2. The molecule has 0 unspecified atom stereocenters. The number of carbonyl (C=O) groups excluding carboxylic acids is 1. The lowest BCUT2D eigenvalue weighted by atomic mass is 9.77. The van der Waals surface area contributed by atoms with E-state index in [1.165, 1.54) is 5.56 Å². The Balaban J connectivity index is 1.68. The van der Waals surface area contributed by atoms with Crippen LogP contribution in [0.15, 0.2) is 146 Å². The Bertz CT molecular complexity index is 1940. The molecule has 0 aromatic heterocycles. The van der Waals surface area contributed by atoms with Crippen molar-refractivity contribution in [2.24, 2.45) is 0 Å². The Labute approximate surface area is 252 Å². The molecule has 1 heterocycles. The van der Waals surface area contributed by atoms with Gasteiger partial charge in [0.1, 0.15) is 5.76 Å². The fourth-order valence-electron chi connectivity index (χ4n) is 6.08. The third kappa shape index (κ3) is 4.87. The van der Waals surface area contributed by atoms with Gasteiger partial charge in [-0.05, 0) is 57.0 Å². The Morgan fingerprint density at radius 3 is 1.23 bits per heavy atom. The van der Waals surface area contributed by atoms with Gasteiger partial charge in [0.25, 0.3) is 0 Å². The van der Waals surface area contributed by atoms with Crippen molar-refractivity contribution in [1.82, 2.24) is 0 Å². The summed E-state index contributed by atoms with van der Waals surface area (Å²) in [5.41, 5.74) is 11.8. The van der Waals surface area contributed by atoms with Crippen LogP contribution in [0.1, 0.15) is 34.0 Å². The highest BCUT2D eigenvalue weighted by molar-refractivity contribution is 6.19. The molecule has 1 aliphatic rings. The summed E-state index contributed by atoms with van der Waals surface area (Å²) in [6, 6.07) is 49.9. The summed E-state index contributed by atoms with van der Waals surface area (Å²) in [7, 11) is 0. The van der Waals surface area contributed by atoms with E-state index in [1.807, 2.05) is 54.6 Å². The number of hydrogen-bond donors (Lipinski definition) is 0. The fraction of sp³-hybridized carbons (Fsp3) is 0.0488. The van der Waals surface area contributed by atoms with Crippen LogP contribution in [0.5, 0.6) is 0 Å². The van der Waals surface area contributed by atoms with Gasteiger partial charge in [-0.1, -0.05) is 153 Å². The van der Waals surface area contributed by atoms with Gasteiger partial charge in [0.15, 0.2) is 0 Å². The van der Waals surface area contributed by atoms with Gasteiger partial charge in [-0.15, -0.1) is 0 Å². The number of ether oxygens (including phenoxy) is 1. The van der Waals surface area contributed by atoms with Crippen LogP contribution in [-0.2, 0) is 11.2 Å². The summed E-state index contributed by atoms with van der Waals surface area (Å²) in [6.45, 7) is 2.15. The van der Waals surface area contributed by atoms with Crippen molar-refractivity contribution in [3.8, 4) is 44.5 Å². The number of aryl methyl sites for hydroxylation is 1. The normalized spacial score (nSPS) is 13.1. The molecule has 0 aliphatic carbocycles. The minimum absolute atomic E-state index is 0.334. The van der Waals surface area contributed by atoms with E-state index in [-0.39, 0.29) is 5.97 Å². The highest BCUT2D eigenvalue weighted by Gasteiger charge is 2.37. The lowest BCUT2D eigenvalue weighted by molar-refractivity contribution is 0.0718. The molecule has 0 N–H and O–H groups in total. The molecule has 0 radical (unpaired) electrons. The van der Waals surface area contributed by atoms with Gasteiger partial charge in [0.05, 0.1) is 5.56 Å². The number of fused-ring (bicyclic) bond motifs is 1. The molecule has 2 nitrogen and oxygen atoms in total. The molecule has 2 heteroatoms. The monoisotopic (exact) mass is 554 g/mol. The molecule has 0 fully saturated rings. The van der Waals surface area contributed by atoms with Crippen molar-refractivity contribution in [2.75, 3.05) is 0 Å². The average molecular weight is 555 g/mol. The molecule has 0 bridgehead atoms. The number of esters is 1. The van der Waals surface area contributed by atoms with Gasteiger partial charge in [-0.25, -0.2) is 4.79 Å². The third-order valence-corrected chi connectivity index (χ3v) is 8.09. The molecule has 0 saturated heterocycles. The molecule has 7 rings (SSSR count). The highest BCUT2D eigenvalue weighted by atomic mass is 16.5. The zero-order valence-corrected chi connectivity index (χ0v) is 24.0. The van der Waals surface area contributed by atoms with Crippen LogP contribution in [0.2, 0.25) is 0 Å². The number of benzene rings is 6. The van der Waals surface area contributed by atoms with Crippen molar-refractivity contribution in [2.45, 2.75) is 13.3 Å². The van der Waals surface area contributed by atoms with Crippen LogP contribution in [-0.4, -0.2) is 5.97 Å². The summed E-state index contributed by atoms with van der Waals surface area (Å²) in [5, 5.41) is 0. The van der Waals surface area contributed by atoms with Gasteiger partial charge >= 0.3 is 5.97 Å². The smallest absolute Gasteiger partial charge is 0.344 e. The van der Waals surface area contributed by atoms with E-state index < -0.39 is 0 Å². The van der Waals surface area contributed by atoms with Crippen LogP contribution in [0.4, 0.5) is 0 Å². The molecule has 1 aliphatic heterocycles. The van der Waals surface area contributed by atoms with E-state index in [2.05, 4.69) is 104 Å². The second-order valence-corrected chi connectivity index (χ2v) is 10.7. The first kappa shape index (κ1) is 26.4. The van der Waals surface area contributed by atoms with Crippen molar-refractivity contribution in [1.29, 1.82) is 0 Å². The SMILES string of the molecule is CCc1ccc(C=C2OC(=O)c3c2c(-c2ccccc2)c(-c2ccccc2)c(-c2ccccc2)c3-c2ccccc2)cc1. The van der Waals surface area contributed by atoms with Crippen molar-refractivity contribution < 1.29 is 9.53 Å². The summed E-state index contributed by atoms with van der Waals surface area (Å²) in [5.74, 6) is 0.233. The first-order chi connectivity index (χ1) is 21.2. The van der Waals surface area contributed by atoms with Gasteiger partial charge < -0.3 is 4.74 Å². The molecule has 0 saturated carbocycles. The molecule has 0 spiro atoms. The summed E-state index contributed by atoms with van der Waals surface area (Å²) >= 11 is 0. The van der Waals surface area contributed by atoms with E-state index in [4.69, 9.17) is 4.74 Å². The summed E-state index contributed by atoms with van der Waals surface area (Å²) in [6.07, 6.45) is 2.97. The second kappa shape index (κ2) is 11.4. The van der Waals surface area contributed by atoms with Crippen LogP contribution in [0, 0.1) is 0 Å². The standard InChI is InChI=1S/C41H30O2/c1-2-28-23-25-29(26-24-28)27-34-39-37(32-19-11-5-12-20-32)35(30-15-7-3-8-16-30)36(31-17-9-4-10-18-31)38(40(39)41(42)43-34)33-21-13-6-14-22-33/h3-27H,2H2,1H3. The summed E-state index contributed by atoms with van der Waals surface area (Å²) < 4.78 is 6.22. The van der Waals surface area contributed by atoms with E-state index in [1.54, 1.807) is 0 Å². The van der Waals surface area contributed by atoms with Gasteiger partial charge in [0.2, 0.25) is 0 Å². The average Bonchev–Trinajstić information content (AvgIpc) is 3.40. The number of cyclic esters (lactones) is 1. The van der Waals surface area contributed by atoms with Gasteiger partial charge in [0, 0.05) is 16.7 Å². The minimum Gasteiger partial charge on any atom is -0.422 e. The molecule has 0 atom stereocenters. The Morgan fingerprint density at radius 1 is 0.465 bits per heavy atom. The van der Waals surface area contributed by atoms with Crippen LogP contribution in [0.3, 0.4) is 0 Å². The quantitative estimate of drug-likeness (QED) is 0.191. The maximum absolute atomic E-state index is 14.1. The molecule has 206 valence electrons. The molecular formula is C41H30O2. The van der Waals surface area contributed by atoms with E-state index >= 15 is 0 Å². The molecule has 6 aromatic carbocycles. The first-order valence-corrected chi connectivity index (χ1v) is 14.7. The van der Waals surface area contributed by atoms with E-state index in [0.29, 0.717) is 11.3 Å². The molecule has 0 amide bonds. The Hall–Kier alpha value is -5.47. The summed E-state index contributed by atoms with van der Waals surface area (Å²) in [4.78, 5) is 14.1. The topological polar surface area (TPSA) is 26.3 Å². The Morgan fingerprint density at radius 2 is 0.837 bits per heavy atom. The third-order valence-electron chi connectivity index (χ3n) is 8.09. The maximum atomic E-state index is 14.1. The predicted octanol–water partition coefficient (Wildman–Crippen LogP) is 10.6. The predicted molar refractivity (Wildman–Crippen MR) is 177 cm³/mol. The van der Waals surface area contributed by atoms with Crippen LogP contribution < -0.4 is 0 Å². The largest absolute Gasteiger partial charge is 0.422 e. The van der Waals surface area contributed by atoms with E-state index in [0.717, 1.165) is 62.1 Å². The van der Waals surface area contributed by atoms with Crippen LogP contribution >= 0.6 is 0 Å². The molecular weight excluding hydrogens is 524 g/mol. The highest BCUT2D eigenvalue weighted by Crippen LogP contribution is 2.54. The number of rotatable bonds is 6. The zero-order valence-electron chi connectivity index (χ0n) is 24.0. The first-order valence-electron chi connectivity index (χ1n) is 14.7. The second-order valence-electron chi connectivity index (χ2n) is 10.7. The Kier molecular flexibility index (Phi) is 7.02. The lowest BCUT2D eigenvalue weighted by Crippen LogP contribution is -2.04. The van der Waals surface area contributed by atoms with Crippen molar-refractivity contribution >= 4 is 17.8 Å².